The van der Waals surface area contributed by atoms with Gasteiger partial charge in [-0.3, -0.25) is 4.79 Å². The van der Waals surface area contributed by atoms with Crippen LogP contribution < -0.4 is 10.1 Å². The lowest BCUT2D eigenvalue weighted by molar-refractivity contribution is -0.122. The molecular weight excluding hydrogens is 441 g/mol. The van der Waals surface area contributed by atoms with Crippen LogP contribution in [0.15, 0.2) is 60.8 Å². The van der Waals surface area contributed by atoms with Crippen LogP contribution in [0.1, 0.15) is 18.0 Å². The lowest BCUT2D eigenvalue weighted by Crippen LogP contribution is -2.33. The Hall–Kier alpha value is -2.28. The molecule has 30 heavy (non-hydrogen) atoms. The van der Waals surface area contributed by atoms with E-state index in [0.29, 0.717) is 34.5 Å². The van der Waals surface area contributed by atoms with E-state index in [1.54, 1.807) is 24.3 Å². The van der Waals surface area contributed by atoms with Crippen molar-refractivity contribution in [3.63, 3.8) is 0 Å². The molecule has 0 saturated carbocycles. The largest absolute Gasteiger partial charge is 0.484 e. The fourth-order valence-corrected chi connectivity index (χ4v) is 3.76. The molecular formula is C22H23Cl2N3O2S. The van der Waals surface area contributed by atoms with Crippen LogP contribution in [0.25, 0.3) is 0 Å². The molecule has 0 radical (unpaired) electrons. The molecule has 0 aromatic heterocycles. The molecule has 1 aliphatic heterocycles. The van der Waals surface area contributed by atoms with Crippen molar-refractivity contribution in [1.29, 1.82) is 0 Å². The van der Waals surface area contributed by atoms with Crippen molar-refractivity contribution in [2.75, 3.05) is 26.7 Å². The molecule has 1 saturated heterocycles. The summed E-state index contributed by atoms with van der Waals surface area (Å²) < 4.78 is 5.45. The van der Waals surface area contributed by atoms with Crippen LogP contribution in [-0.4, -0.2) is 47.6 Å². The summed E-state index contributed by atoms with van der Waals surface area (Å²) in [6.45, 7) is 5.30. The van der Waals surface area contributed by atoms with E-state index in [2.05, 4.69) is 21.7 Å². The summed E-state index contributed by atoms with van der Waals surface area (Å²) in [5, 5.41) is 4.88. The summed E-state index contributed by atoms with van der Waals surface area (Å²) in [4.78, 5) is 16.3. The molecule has 0 bridgehead atoms. The third-order valence-corrected chi connectivity index (χ3v) is 5.92. The van der Waals surface area contributed by atoms with Gasteiger partial charge in [0.25, 0.3) is 5.91 Å². The van der Waals surface area contributed by atoms with Crippen LogP contribution in [0.2, 0.25) is 10.0 Å². The maximum absolute atomic E-state index is 12.1. The number of hydrogen-bond acceptors (Lipinski definition) is 3. The van der Waals surface area contributed by atoms with E-state index in [4.69, 9.17) is 40.2 Å². The van der Waals surface area contributed by atoms with Crippen molar-refractivity contribution < 1.29 is 9.53 Å². The SMILES string of the molecule is C=C(CCN1C[C@H](c2ccc(Cl)cc2)N(C)C1=S)NC(=O)COc1ccc(Cl)cc1. The van der Waals surface area contributed by atoms with Crippen LogP contribution in [0, 0.1) is 0 Å². The van der Waals surface area contributed by atoms with Crippen molar-refractivity contribution in [1.82, 2.24) is 15.1 Å². The first-order chi connectivity index (χ1) is 14.3. The highest BCUT2D eigenvalue weighted by molar-refractivity contribution is 7.80. The fraction of sp³-hybridized carbons (Fsp3) is 0.273. The number of nitrogens with one attached hydrogen (secondary N) is 1. The zero-order chi connectivity index (χ0) is 21.7. The summed E-state index contributed by atoms with van der Waals surface area (Å²) in [5.74, 6) is 0.328. The molecule has 1 atom stereocenters. The van der Waals surface area contributed by atoms with E-state index in [1.807, 2.05) is 31.3 Å². The highest BCUT2D eigenvalue weighted by Crippen LogP contribution is 2.29. The Morgan fingerprint density at radius 2 is 1.77 bits per heavy atom. The molecule has 0 spiro atoms. The quantitative estimate of drug-likeness (QED) is 0.576. The number of amides is 1. The average Bonchev–Trinajstić information content (AvgIpc) is 3.01. The number of carbonyl (C=O) groups is 1. The lowest BCUT2D eigenvalue weighted by Gasteiger charge is -2.20. The Bertz CT molecular complexity index is 919. The molecule has 2 aromatic carbocycles. The molecule has 1 aliphatic rings. The number of ether oxygens (including phenoxy) is 1. The number of halogens is 2. The average molecular weight is 464 g/mol. The topological polar surface area (TPSA) is 44.8 Å². The molecule has 0 aliphatic carbocycles. The highest BCUT2D eigenvalue weighted by atomic mass is 35.5. The Balaban J connectivity index is 1.44. The molecule has 1 heterocycles. The molecule has 1 N–H and O–H groups in total. The first-order valence-corrected chi connectivity index (χ1v) is 10.6. The summed E-state index contributed by atoms with van der Waals surface area (Å²) in [7, 11) is 1.99. The second-order valence-electron chi connectivity index (χ2n) is 7.05. The fourth-order valence-electron chi connectivity index (χ4n) is 3.21. The van der Waals surface area contributed by atoms with Crippen LogP contribution in [0.5, 0.6) is 5.75 Å². The van der Waals surface area contributed by atoms with Gasteiger partial charge >= 0.3 is 0 Å². The summed E-state index contributed by atoms with van der Waals surface area (Å²) >= 11 is 17.4. The van der Waals surface area contributed by atoms with Gasteiger partial charge < -0.3 is 19.9 Å². The van der Waals surface area contributed by atoms with Crippen LogP contribution >= 0.6 is 35.4 Å². The van der Waals surface area contributed by atoms with Gasteiger partial charge in [-0.2, -0.15) is 0 Å². The summed E-state index contributed by atoms with van der Waals surface area (Å²) in [6, 6.07) is 14.8. The third kappa shape index (κ3) is 5.88. The smallest absolute Gasteiger partial charge is 0.262 e. The molecule has 5 nitrogen and oxygen atoms in total. The Morgan fingerprint density at radius 3 is 2.40 bits per heavy atom. The van der Waals surface area contributed by atoms with Crippen molar-refractivity contribution in [3.05, 3.63) is 76.4 Å². The first-order valence-electron chi connectivity index (χ1n) is 9.46. The Labute approximate surface area is 192 Å². The normalized spacial score (nSPS) is 16.0. The van der Waals surface area contributed by atoms with Crippen LogP contribution in [0.3, 0.4) is 0 Å². The molecule has 1 amide bonds. The van der Waals surface area contributed by atoms with Gasteiger partial charge in [-0.1, -0.05) is 41.9 Å². The monoisotopic (exact) mass is 463 g/mol. The predicted octanol–water partition coefficient (Wildman–Crippen LogP) is 4.67. The van der Waals surface area contributed by atoms with Gasteiger partial charge in [-0.25, -0.2) is 0 Å². The highest BCUT2D eigenvalue weighted by Gasteiger charge is 2.32. The summed E-state index contributed by atoms with van der Waals surface area (Å²) in [5.41, 5.74) is 1.79. The van der Waals surface area contributed by atoms with Gasteiger partial charge in [0, 0.05) is 42.3 Å². The Morgan fingerprint density at radius 1 is 1.17 bits per heavy atom. The van der Waals surface area contributed by atoms with Crippen LogP contribution in [-0.2, 0) is 4.79 Å². The van der Waals surface area contributed by atoms with Gasteiger partial charge in [0.05, 0.1) is 6.04 Å². The van der Waals surface area contributed by atoms with Gasteiger partial charge in [-0.15, -0.1) is 0 Å². The van der Waals surface area contributed by atoms with E-state index in [-0.39, 0.29) is 18.6 Å². The number of rotatable bonds is 8. The number of nitrogens with zero attached hydrogens (tertiary/aromatic N) is 2. The molecule has 3 rings (SSSR count). The molecule has 1 fully saturated rings. The summed E-state index contributed by atoms with van der Waals surface area (Å²) in [6.07, 6.45) is 0.591. The number of benzene rings is 2. The van der Waals surface area contributed by atoms with E-state index < -0.39 is 0 Å². The minimum Gasteiger partial charge on any atom is -0.484 e. The number of likely N-dealkylation sites (N-methyl/N-ethyl adjacent to an activating group) is 1. The van der Waals surface area contributed by atoms with E-state index in [9.17, 15) is 4.79 Å². The van der Waals surface area contributed by atoms with Gasteiger partial charge in [0.2, 0.25) is 0 Å². The number of hydrogen-bond donors (Lipinski definition) is 1. The van der Waals surface area contributed by atoms with Gasteiger partial charge in [0.15, 0.2) is 11.7 Å². The lowest BCUT2D eigenvalue weighted by atomic mass is 10.1. The second kappa shape index (κ2) is 10.2. The van der Waals surface area contributed by atoms with E-state index in [1.165, 1.54) is 5.56 Å². The van der Waals surface area contributed by atoms with Crippen molar-refractivity contribution in [2.24, 2.45) is 0 Å². The van der Waals surface area contributed by atoms with Gasteiger partial charge in [-0.05, 0) is 54.2 Å². The molecule has 8 heteroatoms. The maximum atomic E-state index is 12.1. The molecule has 158 valence electrons. The van der Waals surface area contributed by atoms with Crippen molar-refractivity contribution in [2.45, 2.75) is 12.5 Å². The first kappa shape index (κ1) is 22.4. The molecule has 0 unspecified atom stereocenters. The zero-order valence-corrected chi connectivity index (χ0v) is 18.9. The Kier molecular flexibility index (Phi) is 7.58. The van der Waals surface area contributed by atoms with Crippen LogP contribution in [0.4, 0.5) is 0 Å². The maximum Gasteiger partial charge on any atom is 0.262 e. The van der Waals surface area contributed by atoms with Gasteiger partial charge in [0.1, 0.15) is 5.75 Å². The standard InChI is InChI=1S/C22H23Cl2N3O2S/c1-15(25-21(28)14-29-19-9-7-18(24)8-10-19)11-12-27-13-20(26(2)22(27)30)16-3-5-17(23)6-4-16/h3-10,20H,1,11-14H2,2H3,(H,25,28)/t20-/m1/s1. The minimum absolute atomic E-state index is 0.0931. The van der Waals surface area contributed by atoms with Crippen molar-refractivity contribution in [3.8, 4) is 5.75 Å². The third-order valence-electron chi connectivity index (χ3n) is 4.87. The minimum atomic E-state index is -0.255. The van der Waals surface area contributed by atoms with E-state index in [0.717, 1.165) is 11.7 Å². The van der Waals surface area contributed by atoms with E-state index >= 15 is 0 Å². The number of thiocarbonyl (C=S) groups is 1. The predicted molar refractivity (Wildman–Crippen MR) is 125 cm³/mol. The molecule has 2 aromatic rings. The zero-order valence-electron chi connectivity index (χ0n) is 16.6. The number of carbonyl (C=O) groups excluding carboxylic acids is 1. The second-order valence-corrected chi connectivity index (χ2v) is 8.29. The van der Waals surface area contributed by atoms with Crippen molar-refractivity contribution >= 4 is 46.4 Å².